The quantitative estimate of drug-likeness (QED) is 0.784. The van der Waals surface area contributed by atoms with Gasteiger partial charge in [-0.2, -0.15) is 0 Å². The van der Waals surface area contributed by atoms with Crippen LogP contribution in [0.15, 0.2) is 28.7 Å². The molecule has 0 bridgehead atoms. The highest BCUT2D eigenvalue weighted by Gasteiger charge is 2.35. The Hall–Kier alpha value is -1.36. The highest BCUT2D eigenvalue weighted by molar-refractivity contribution is 9.10. The van der Waals surface area contributed by atoms with Gasteiger partial charge in [-0.05, 0) is 18.2 Å². The number of ether oxygens (including phenoxy) is 1. The zero-order valence-corrected chi connectivity index (χ0v) is 10.9. The summed E-state index contributed by atoms with van der Waals surface area (Å²) in [5.74, 6) is -0.721. The van der Waals surface area contributed by atoms with Crippen LogP contribution < -0.4 is 4.90 Å². The van der Waals surface area contributed by atoms with E-state index in [0.29, 0.717) is 6.54 Å². The molecule has 90 valence electrons. The number of nitrogens with zero attached hydrogens (tertiary/aromatic N) is 1. The SMILES string of the molecule is COC(=O)[C@@H]1CC(=O)N(c2cccc(Br)c2)C1. The molecule has 0 N–H and O–H groups in total. The van der Waals surface area contributed by atoms with Crippen LogP contribution in [0.4, 0.5) is 5.69 Å². The van der Waals surface area contributed by atoms with Crippen LogP contribution in [-0.2, 0) is 14.3 Å². The lowest BCUT2D eigenvalue weighted by molar-refractivity contribution is -0.145. The molecular formula is C12H12BrNO3. The first-order valence-corrected chi connectivity index (χ1v) is 6.05. The molecule has 0 radical (unpaired) electrons. The van der Waals surface area contributed by atoms with Crippen molar-refractivity contribution in [3.8, 4) is 0 Å². The summed E-state index contributed by atoms with van der Waals surface area (Å²) in [6.45, 7) is 0.391. The molecule has 17 heavy (non-hydrogen) atoms. The van der Waals surface area contributed by atoms with Crippen molar-refractivity contribution in [3.63, 3.8) is 0 Å². The topological polar surface area (TPSA) is 46.6 Å². The van der Waals surface area contributed by atoms with E-state index in [0.717, 1.165) is 10.2 Å². The summed E-state index contributed by atoms with van der Waals surface area (Å²) in [4.78, 5) is 24.8. The zero-order valence-electron chi connectivity index (χ0n) is 9.35. The largest absolute Gasteiger partial charge is 0.469 e. The molecule has 4 nitrogen and oxygen atoms in total. The van der Waals surface area contributed by atoms with Gasteiger partial charge in [0.1, 0.15) is 0 Å². The number of amides is 1. The van der Waals surface area contributed by atoms with Gasteiger partial charge in [0.15, 0.2) is 0 Å². The van der Waals surface area contributed by atoms with Crippen LogP contribution in [-0.4, -0.2) is 25.5 Å². The van der Waals surface area contributed by atoms with Crippen molar-refractivity contribution in [2.45, 2.75) is 6.42 Å². The van der Waals surface area contributed by atoms with Gasteiger partial charge in [-0.3, -0.25) is 9.59 Å². The predicted octanol–water partition coefficient (Wildman–Crippen LogP) is 1.97. The Balaban J connectivity index is 2.18. The number of rotatable bonds is 2. The predicted molar refractivity (Wildman–Crippen MR) is 66.6 cm³/mol. The van der Waals surface area contributed by atoms with Crippen LogP contribution in [0.25, 0.3) is 0 Å². The Morgan fingerprint density at radius 3 is 2.94 bits per heavy atom. The average Bonchev–Trinajstić information content (AvgIpc) is 2.70. The summed E-state index contributed by atoms with van der Waals surface area (Å²) in [6.07, 6.45) is 0.221. The Kier molecular flexibility index (Phi) is 3.47. The molecule has 1 aromatic carbocycles. The van der Waals surface area contributed by atoms with E-state index >= 15 is 0 Å². The lowest BCUT2D eigenvalue weighted by atomic mass is 10.1. The molecule has 0 aliphatic carbocycles. The third-order valence-electron chi connectivity index (χ3n) is 2.78. The number of carbonyl (C=O) groups is 2. The van der Waals surface area contributed by atoms with Gasteiger partial charge in [0.25, 0.3) is 0 Å². The van der Waals surface area contributed by atoms with E-state index < -0.39 is 0 Å². The van der Waals surface area contributed by atoms with Crippen molar-refractivity contribution in [1.82, 2.24) is 0 Å². The summed E-state index contributed by atoms with van der Waals surface area (Å²) in [6, 6.07) is 7.46. The standard InChI is InChI=1S/C12H12BrNO3/c1-17-12(16)8-5-11(15)14(7-8)10-4-2-3-9(13)6-10/h2-4,6,8H,5,7H2,1H3/t8-/m1/s1. The van der Waals surface area contributed by atoms with Crippen molar-refractivity contribution in [1.29, 1.82) is 0 Å². The van der Waals surface area contributed by atoms with Crippen LogP contribution in [0.1, 0.15) is 6.42 Å². The number of benzene rings is 1. The first kappa shape index (κ1) is 12.1. The molecule has 0 saturated carbocycles. The molecule has 1 fully saturated rings. The fourth-order valence-corrected chi connectivity index (χ4v) is 2.31. The van der Waals surface area contributed by atoms with E-state index in [9.17, 15) is 9.59 Å². The van der Waals surface area contributed by atoms with Crippen LogP contribution >= 0.6 is 15.9 Å². The third kappa shape index (κ3) is 2.49. The molecule has 5 heteroatoms. The number of anilines is 1. The van der Waals surface area contributed by atoms with E-state index in [1.807, 2.05) is 24.3 Å². The van der Waals surface area contributed by atoms with Gasteiger partial charge in [-0.15, -0.1) is 0 Å². The van der Waals surface area contributed by atoms with Crippen molar-refractivity contribution in [2.24, 2.45) is 5.92 Å². The van der Waals surface area contributed by atoms with Gasteiger partial charge < -0.3 is 9.64 Å². The fraction of sp³-hybridized carbons (Fsp3) is 0.333. The molecule has 1 aliphatic heterocycles. The minimum absolute atomic E-state index is 0.0431. The smallest absolute Gasteiger partial charge is 0.311 e. The van der Waals surface area contributed by atoms with Crippen molar-refractivity contribution < 1.29 is 14.3 Å². The monoisotopic (exact) mass is 297 g/mol. The number of halogens is 1. The molecule has 1 aromatic rings. The van der Waals surface area contributed by atoms with Gasteiger partial charge >= 0.3 is 5.97 Å². The molecule has 1 heterocycles. The second kappa shape index (κ2) is 4.87. The first-order chi connectivity index (χ1) is 8.11. The Morgan fingerprint density at radius 1 is 1.53 bits per heavy atom. The lowest BCUT2D eigenvalue weighted by Crippen LogP contribution is -2.26. The van der Waals surface area contributed by atoms with Gasteiger partial charge in [-0.25, -0.2) is 0 Å². The molecule has 0 unspecified atom stereocenters. The van der Waals surface area contributed by atoms with Crippen LogP contribution in [0.3, 0.4) is 0 Å². The van der Waals surface area contributed by atoms with Crippen molar-refractivity contribution in [3.05, 3.63) is 28.7 Å². The summed E-state index contributed by atoms with van der Waals surface area (Å²) in [7, 11) is 1.34. The van der Waals surface area contributed by atoms with E-state index in [4.69, 9.17) is 0 Å². The fourth-order valence-electron chi connectivity index (χ4n) is 1.93. The molecule has 1 amide bonds. The Morgan fingerprint density at radius 2 is 2.29 bits per heavy atom. The number of methoxy groups -OCH3 is 1. The van der Waals surface area contributed by atoms with Gasteiger partial charge in [0, 0.05) is 23.1 Å². The number of esters is 1. The molecule has 0 spiro atoms. The lowest BCUT2D eigenvalue weighted by Gasteiger charge is -2.16. The number of hydrogen-bond acceptors (Lipinski definition) is 3. The van der Waals surface area contributed by atoms with Crippen molar-refractivity contribution >= 4 is 33.5 Å². The van der Waals surface area contributed by atoms with E-state index in [2.05, 4.69) is 20.7 Å². The highest BCUT2D eigenvalue weighted by Crippen LogP contribution is 2.27. The molecular weight excluding hydrogens is 286 g/mol. The van der Waals surface area contributed by atoms with Gasteiger partial charge in [-0.1, -0.05) is 22.0 Å². The summed E-state index contributed by atoms with van der Waals surface area (Å²) in [5, 5.41) is 0. The molecule has 1 atom stereocenters. The maximum Gasteiger partial charge on any atom is 0.311 e. The normalized spacial score (nSPS) is 19.5. The van der Waals surface area contributed by atoms with Gasteiger partial charge in [0.2, 0.25) is 5.91 Å². The van der Waals surface area contributed by atoms with Gasteiger partial charge in [0.05, 0.1) is 13.0 Å². The van der Waals surface area contributed by atoms with Crippen molar-refractivity contribution in [2.75, 3.05) is 18.6 Å². The van der Waals surface area contributed by atoms with Crippen LogP contribution in [0, 0.1) is 5.92 Å². The summed E-state index contributed by atoms with van der Waals surface area (Å²) in [5.41, 5.74) is 0.802. The minimum Gasteiger partial charge on any atom is -0.469 e. The minimum atomic E-state index is -0.355. The molecule has 1 saturated heterocycles. The average molecular weight is 298 g/mol. The van der Waals surface area contributed by atoms with Crippen LogP contribution in [0.2, 0.25) is 0 Å². The number of hydrogen-bond donors (Lipinski definition) is 0. The molecule has 1 aliphatic rings. The zero-order chi connectivity index (χ0) is 12.4. The van der Waals surface area contributed by atoms with E-state index in [1.54, 1.807) is 4.90 Å². The molecule has 0 aromatic heterocycles. The summed E-state index contributed by atoms with van der Waals surface area (Å²) >= 11 is 3.36. The Bertz CT molecular complexity index is 461. The first-order valence-electron chi connectivity index (χ1n) is 5.25. The van der Waals surface area contributed by atoms with E-state index in [1.165, 1.54) is 7.11 Å². The second-order valence-electron chi connectivity index (χ2n) is 3.91. The third-order valence-corrected chi connectivity index (χ3v) is 3.27. The molecule has 2 rings (SSSR count). The number of carbonyl (C=O) groups excluding carboxylic acids is 2. The summed E-state index contributed by atoms with van der Waals surface area (Å²) < 4.78 is 5.57. The maximum atomic E-state index is 11.8. The van der Waals surface area contributed by atoms with Crippen LogP contribution in [0.5, 0.6) is 0 Å². The maximum absolute atomic E-state index is 11.8. The Labute approximate surface area is 108 Å². The highest BCUT2D eigenvalue weighted by atomic mass is 79.9. The van der Waals surface area contributed by atoms with E-state index in [-0.39, 0.29) is 24.2 Å². The second-order valence-corrected chi connectivity index (χ2v) is 4.82.